The first-order valence-corrected chi connectivity index (χ1v) is 9.62. The Bertz CT molecular complexity index is 593. The van der Waals surface area contributed by atoms with Crippen molar-refractivity contribution in [1.82, 2.24) is 5.32 Å². The van der Waals surface area contributed by atoms with Crippen molar-refractivity contribution < 1.29 is 4.79 Å². The second kappa shape index (κ2) is 5.89. The molecule has 1 aromatic rings. The molecule has 3 nitrogen and oxygen atoms in total. The molecule has 0 aromatic heterocycles. The Morgan fingerprint density at radius 3 is 2.35 bits per heavy atom. The molecule has 0 spiro atoms. The maximum atomic E-state index is 12.3. The number of halogens is 1. The zero-order valence-corrected chi connectivity index (χ0v) is 15.3. The van der Waals surface area contributed by atoms with Crippen molar-refractivity contribution in [3.8, 4) is 0 Å². The Balaban J connectivity index is 1.35. The highest BCUT2D eigenvalue weighted by atomic mass is 79.9. The van der Waals surface area contributed by atoms with E-state index in [4.69, 9.17) is 0 Å². The molecule has 5 rings (SSSR count). The van der Waals surface area contributed by atoms with Gasteiger partial charge in [-0.05, 0) is 80.9 Å². The standard InChI is InChI=1S/C19H25BrN2O/c1-12-2-3-16(7-17(12)20)22-18(23)11-21-19-8-13-4-14(9-19)6-15(5-13)10-19/h2-3,7,13-15,21H,4-6,8-11H2,1H3,(H,22,23). The number of benzene rings is 1. The lowest BCUT2D eigenvalue weighted by molar-refractivity contribution is -0.116. The van der Waals surface area contributed by atoms with Gasteiger partial charge in [-0.25, -0.2) is 0 Å². The Morgan fingerprint density at radius 1 is 1.17 bits per heavy atom. The Labute approximate surface area is 146 Å². The third-order valence-corrected chi connectivity index (χ3v) is 6.97. The third kappa shape index (κ3) is 3.20. The molecule has 4 heteroatoms. The molecule has 4 aliphatic rings. The highest BCUT2D eigenvalue weighted by Gasteiger charge is 2.50. The number of rotatable bonds is 4. The summed E-state index contributed by atoms with van der Waals surface area (Å²) in [6.45, 7) is 2.47. The molecule has 0 aliphatic heterocycles. The van der Waals surface area contributed by atoms with Crippen LogP contribution in [0.3, 0.4) is 0 Å². The molecule has 4 aliphatic carbocycles. The topological polar surface area (TPSA) is 41.1 Å². The monoisotopic (exact) mass is 376 g/mol. The minimum atomic E-state index is 0.0662. The maximum absolute atomic E-state index is 12.3. The van der Waals surface area contributed by atoms with Crippen LogP contribution < -0.4 is 10.6 Å². The Hall–Kier alpha value is -0.870. The summed E-state index contributed by atoms with van der Waals surface area (Å²) in [6.07, 6.45) is 8.15. The second-order valence-electron chi connectivity index (χ2n) is 8.06. The van der Waals surface area contributed by atoms with Crippen molar-refractivity contribution in [2.24, 2.45) is 17.8 Å². The first kappa shape index (κ1) is 15.6. The van der Waals surface area contributed by atoms with Crippen LogP contribution in [0, 0.1) is 24.7 Å². The number of hydrogen-bond acceptors (Lipinski definition) is 2. The largest absolute Gasteiger partial charge is 0.325 e. The molecule has 2 N–H and O–H groups in total. The van der Waals surface area contributed by atoms with Crippen molar-refractivity contribution in [3.05, 3.63) is 28.2 Å². The highest BCUT2D eigenvalue weighted by Crippen LogP contribution is 2.55. The molecule has 124 valence electrons. The number of anilines is 1. The van der Waals surface area contributed by atoms with Crippen LogP contribution in [0.1, 0.15) is 44.1 Å². The van der Waals surface area contributed by atoms with Crippen molar-refractivity contribution >= 4 is 27.5 Å². The molecule has 4 fully saturated rings. The number of amides is 1. The second-order valence-corrected chi connectivity index (χ2v) is 8.92. The van der Waals surface area contributed by atoms with E-state index in [1.165, 1.54) is 44.1 Å². The predicted octanol–water partition coefficient (Wildman–Crippen LogP) is 4.25. The number of aryl methyl sites for hydroxylation is 1. The van der Waals surface area contributed by atoms with E-state index in [1.807, 2.05) is 25.1 Å². The van der Waals surface area contributed by atoms with Gasteiger partial charge in [-0.1, -0.05) is 22.0 Å². The zero-order chi connectivity index (χ0) is 16.0. The quantitative estimate of drug-likeness (QED) is 0.824. The van der Waals surface area contributed by atoms with Crippen molar-refractivity contribution in [1.29, 1.82) is 0 Å². The summed E-state index contributed by atoms with van der Waals surface area (Å²) < 4.78 is 1.03. The normalized spacial score (nSPS) is 34.6. The molecule has 0 radical (unpaired) electrons. The van der Waals surface area contributed by atoms with Gasteiger partial charge in [-0.3, -0.25) is 4.79 Å². The summed E-state index contributed by atoms with van der Waals surface area (Å²) in [6, 6.07) is 5.95. The van der Waals surface area contributed by atoms with Crippen molar-refractivity contribution in [2.45, 2.75) is 51.0 Å². The summed E-state index contributed by atoms with van der Waals surface area (Å²) in [5.74, 6) is 2.79. The SMILES string of the molecule is Cc1ccc(NC(=O)CNC23CC4CC(CC(C4)C2)C3)cc1Br. The average molecular weight is 377 g/mol. The summed E-state index contributed by atoms with van der Waals surface area (Å²) in [5.41, 5.74) is 2.29. The molecule has 0 heterocycles. The first-order valence-electron chi connectivity index (χ1n) is 8.82. The van der Waals surface area contributed by atoms with E-state index in [0.717, 1.165) is 27.9 Å². The summed E-state index contributed by atoms with van der Waals surface area (Å²) >= 11 is 3.52. The predicted molar refractivity (Wildman–Crippen MR) is 96.4 cm³/mol. The molecular weight excluding hydrogens is 352 g/mol. The lowest BCUT2D eigenvalue weighted by atomic mass is 9.53. The summed E-state index contributed by atoms with van der Waals surface area (Å²) in [4.78, 5) is 12.3. The van der Waals surface area contributed by atoms with E-state index in [9.17, 15) is 4.79 Å². The van der Waals surface area contributed by atoms with E-state index in [1.54, 1.807) is 0 Å². The summed E-state index contributed by atoms with van der Waals surface area (Å²) in [7, 11) is 0. The fourth-order valence-electron chi connectivity index (χ4n) is 5.47. The molecule has 0 unspecified atom stereocenters. The van der Waals surface area contributed by atoms with Gasteiger partial charge in [0.15, 0.2) is 0 Å². The van der Waals surface area contributed by atoms with Crippen LogP contribution in [0.4, 0.5) is 5.69 Å². The molecule has 23 heavy (non-hydrogen) atoms. The fourth-order valence-corrected chi connectivity index (χ4v) is 5.85. The number of nitrogens with one attached hydrogen (secondary N) is 2. The average Bonchev–Trinajstić information content (AvgIpc) is 2.48. The molecule has 1 amide bonds. The highest BCUT2D eigenvalue weighted by molar-refractivity contribution is 9.10. The van der Waals surface area contributed by atoms with Gasteiger partial charge in [-0.15, -0.1) is 0 Å². The van der Waals surface area contributed by atoms with Crippen LogP contribution in [0.15, 0.2) is 22.7 Å². The van der Waals surface area contributed by atoms with Gasteiger partial charge in [0.1, 0.15) is 0 Å². The fraction of sp³-hybridized carbons (Fsp3) is 0.632. The van der Waals surface area contributed by atoms with Crippen LogP contribution >= 0.6 is 15.9 Å². The number of hydrogen-bond donors (Lipinski definition) is 2. The van der Waals surface area contributed by atoms with Crippen molar-refractivity contribution in [2.75, 3.05) is 11.9 Å². The van der Waals surface area contributed by atoms with Gasteiger partial charge >= 0.3 is 0 Å². The van der Waals surface area contributed by atoms with Crippen LogP contribution in [0.2, 0.25) is 0 Å². The lowest BCUT2D eigenvalue weighted by Gasteiger charge is -2.57. The van der Waals surface area contributed by atoms with Gasteiger partial charge in [0.05, 0.1) is 6.54 Å². The number of carbonyl (C=O) groups is 1. The molecular formula is C19H25BrN2O. The lowest BCUT2D eigenvalue weighted by Crippen LogP contribution is -2.59. The van der Waals surface area contributed by atoms with Crippen LogP contribution in [-0.4, -0.2) is 18.0 Å². The van der Waals surface area contributed by atoms with Gasteiger partial charge in [0.25, 0.3) is 0 Å². The van der Waals surface area contributed by atoms with E-state index >= 15 is 0 Å². The zero-order valence-electron chi connectivity index (χ0n) is 13.7. The van der Waals surface area contributed by atoms with E-state index in [-0.39, 0.29) is 11.4 Å². The van der Waals surface area contributed by atoms with E-state index < -0.39 is 0 Å². The van der Waals surface area contributed by atoms with Crippen LogP contribution in [0.25, 0.3) is 0 Å². The van der Waals surface area contributed by atoms with Gasteiger partial charge in [-0.2, -0.15) is 0 Å². The number of carbonyl (C=O) groups excluding carboxylic acids is 1. The van der Waals surface area contributed by atoms with Crippen molar-refractivity contribution in [3.63, 3.8) is 0 Å². The van der Waals surface area contributed by atoms with Crippen LogP contribution in [-0.2, 0) is 4.79 Å². The smallest absolute Gasteiger partial charge is 0.238 e. The van der Waals surface area contributed by atoms with Gasteiger partial charge < -0.3 is 10.6 Å². The van der Waals surface area contributed by atoms with Gasteiger partial charge in [0.2, 0.25) is 5.91 Å². The molecule has 4 saturated carbocycles. The first-order chi connectivity index (χ1) is 11.0. The maximum Gasteiger partial charge on any atom is 0.238 e. The molecule has 0 saturated heterocycles. The minimum Gasteiger partial charge on any atom is -0.325 e. The van der Waals surface area contributed by atoms with Gasteiger partial charge in [0, 0.05) is 15.7 Å². The molecule has 0 atom stereocenters. The summed E-state index contributed by atoms with van der Waals surface area (Å²) in [5, 5.41) is 6.66. The molecule has 4 bridgehead atoms. The molecule has 1 aromatic carbocycles. The van der Waals surface area contributed by atoms with E-state index in [2.05, 4.69) is 26.6 Å². The Kier molecular flexibility index (Phi) is 4.01. The Morgan fingerprint density at radius 2 is 1.78 bits per heavy atom. The van der Waals surface area contributed by atoms with Crippen LogP contribution in [0.5, 0.6) is 0 Å². The third-order valence-electron chi connectivity index (χ3n) is 6.12. The van der Waals surface area contributed by atoms with E-state index in [0.29, 0.717) is 6.54 Å². The minimum absolute atomic E-state index is 0.0662.